The van der Waals surface area contributed by atoms with Crippen molar-refractivity contribution < 1.29 is 12.8 Å². The molecule has 0 aliphatic heterocycles. The highest BCUT2D eigenvalue weighted by atomic mass is 32.2. The molecular formula is C18H24FNO2S. The predicted octanol–water partition coefficient (Wildman–Crippen LogP) is 3.56. The van der Waals surface area contributed by atoms with Gasteiger partial charge >= 0.3 is 0 Å². The minimum Gasteiger partial charge on any atom is -0.208 e. The third-order valence-corrected chi connectivity index (χ3v) is 7.92. The first-order chi connectivity index (χ1) is 10.9. The quantitative estimate of drug-likeness (QED) is 0.913. The van der Waals surface area contributed by atoms with Gasteiger partial charge in [-0.25, -0.2) is 17.5 Å². The third kappa shape index (κ3) is 2.82. The van der Waals surface area contributed by atoms with Crippen LogP contribution in [0.4, 0.5) is 4.39 Å². The molecule has 4 aliphatic carbocycles. The van der Waals surface area contributed by atoms with Gasteiger partial charge in [0.05, 0.1) is 4.90 Å². The summed E-state index contributed by atoms with van der Waals surface area (Å²) in [5.74, 6) is 3.16. The topological polar surface area (TPSA) is 46.2 Å². The van der Waals surface area contributed by atoms with Crippen LogP contribution in [0.25, 0.3) is 0 Å². The van der Waals surface area contributed by atoms with Crippen molar-refractivity contribution in [3.05, 3.63) is 30.1 Å². The van der Waals surface area contributed by atoms with Gasteiger partial charge in [0.15, 0.2) is 0 Å². The van der Waals surface area contributed by atoms with Crippen molar-refractivity contribution in [2.75, 3.05) is 0 Å². The summed E-state index contributed by atoms with van der Waals surface area (Å²) < 4.78 is 41.0. The zero-order valence-corrected chi connectivity index (χ0v) is 14.2. The van der Waals surface area contributed by atoms with Crippen LogP contribution in [0.5, 0.6) is 0 Å². The lowest BCUT2D eigenvalue weighted by molar-refractivity contribution is -0.0463. The Morgan fingerprint density at radius 1 is 1.00 bits per heavy atom. The molecule has 5 rings (SSSR count). The number of sulfonamides is 1. The lowest BCUT2D eigenvalue weighted by atomic mass is 9.51. The maximum absolute atomic E-state index is 13.0. The molecule has 1 aromatic carbocycles. The minimum atomic E-state index is -3.58. The number of hydrogen-bond donors (Lipinski definition) is 1. The monoisotopic (exact) mass is 337 g/mol. The highest BCUT2D eigenvalue weighted by molar-refractivity contribution is 7.89. The summed E-state index contributed by atoms with van der Waals surface area (Å²) in [5, 5.41) is 0. The highest BCUT2D eigenvalue weighted by Crippen LogP contribution is 2.57. The Hall–Kier alpha value is -0.940. The number of hydrogen-bond acceptors (Lipinski definition) is 2. The van der Waals surface area contributed by atoms with Crippen LogP contribution in [0.1, 0.15) is 39.0 Å². The van der Waals surface area contributed by atoms with Crippen molar-refractivity contribution >= 4 is 10.0 Å². The average molecular weight is 337 g/mol. The van der Waals surface area contributed by atoms with Crippen LogP contribution >= 0.6 is 0 Å². The lowest BCUT2D eigenvalue weighted by Gasteiger charge is -2.56. The Morgan fingerprint density at radius 3 is 2.04 bits per heavy atom. The summed E-state index contributed by atoms with van der Waals surface area (Å²) in [6.45, 7) is 2.01. The molecular weight excluding hydrogens is 313 g/mol. The van der Waals surface area contributed by atoms with Gasteiger partial charge in [-0.15, -0.1) is 0 Å². The van der Waals surface area contributed by atoms with Crippen LogP contribution in [0.2, 0.25) is 0 Å². The average Bonchev–Trinajstić information content (AvgIpc) is 2.45. The van der Waals surface area contributed by atoms with E-state index in [2.05, 4.69) is 4.72 Å². The molecule has 4 fully saturated rings. The fourth-order valence-corrected chi connectivity index (χ4v) is 7.07. The molecule has 4 aliphatic rings. The number of rotatable bonds is 4. The van der Waals surface area contributed by atoms with E-state index in [9.17, 15) is 12.8 Å². The van der Waals surface area contributed by atoms with Gasteiger partial charge in [0, 0.05) is 6.04 Å². The molecule has 0 spiro atoms. The van der Waals surface area contributed by atoms with Crippen LogP contribution in [-0.2, 0) is 10.0 Å². The van der Waals surface area contributed by atoms with E-state index in [1.54, 1.807) is 0 Å². The summed E-state index contributed by atoms with van der Waals surface area (Å²) in [7, 11) is -3.58. The number of halogens is 1. The summed E-state index contributed by atoms with van der Waals surface area (Å²) in [6.07, 6.45) is 6.51. The van der Waals surface area contributed by atoms with E-state index in [1.165, 1.54) is 56.4 Å². The Labute approximate surface area is 137 Å². The molecule has 0 amide bonds. The second-order valence-corrected chi connectivity index (χ2v) is 9.59. The van der Waals surface area contributed by atoms with Gasteiger partial charge in [-0.05, 0) is 92.9 Å². The van der Waals surface area contributed by atoms with Gasteiger partial charge < -0.3 is 0 Å². The fraction of sp³-hybridized carbons (Fsp3) is 0.667. The van der Waals surface area contributed by atoms with Crippen LogP contribution in [0.15, 0.2) is 29.2 Å². The van der Waals surface area contributed by atoms with E-state index in [-0.39, 0.29) is 10.9 Å². The molecule has 126 valence electrons. The van der Waals surface area contributed by atoms with Crippen molar-refractivity contribution in [2.24, 2.45) is 29.6 Å². The Balaban J connectivity index is 1.51. The molecule has 3 nitrogen and oxygen atoms in total. The highest BCUT2D eigenvalue weighted by Gasteiger charge is 2.50. The number of nitrogens with one attached hydrogen (secondary N) is 1. The predicted molar refractivity (Wildman–Crippen MR) is 86.7 cm³/mol. The summed E-state index contributed by atoms with van der Waals surface area (Å²) >= 11 is 0. The normalized spacial score (nSPS) is 37.0. The molecule has 4 bridgehead atoms. The van der Waals surface area contributed by atoms with Gasteiger partial charge in [-0.2, -0.15) is 0 Å². The molecule has 0 saturated heterocycles. The van der Waals surface area contributed by atoms with E-state index in [0.717, 1.165) is 11.8 Å². The third-order valence-electron chi connectivity index (χ3n) is 6.34. The van der Waals surface area contributed by atoms with E-state index >= 15 is 0 Å². The smallest absolute Gasteiger partial charge is 0.208 e. The van der Waals surface area contributed by atoms with E-state index < -0.39 is 15.8 Å². The summed E-state index contributed by atoms with van der Waals surface area (Å²) in [5.41, 5.74) is 0. The maximum Gasteiger partial charge on any atom is 0.240 e. The Morgan fingerprint density at radius 2 is 1.52 bits per heavy atom. The van der Waals surface area contributed by atoms with Gasteiger partial charge in [-0.3, -0.25) is 0 Å². The molecule has 0 unspecified atom stereocenters. The second kappa shape index (κ2) is 5.55. The minimum absolute atomic E-state index is 0.0555. The Bertz CT molecular complexity index is 657. The molecule has 0 aromatic heterocycles. The van der Waals surface area contributed by atoms with E-state index in [1.807, 2.05) is 6.92 Å². The first-order valence-corrected chi connectivity index (χ1v) is 10.2. The van der Waals surface area contributed by atoms with Crippen LogP contribution < -0.4 is 4.72 Å². The molecule has 1 aromatic rings. The van der Waals surface area contributed by atoms with Gasteiger partial charge in [0.2, 0.25) is 10.0 Å². The van der Waals surface area contributed by atoms with Gasteiger partial charge in [-0.1, -0.05) is 0 Å². The molecule has 1 N–H and O–H groups in total. The largest absolute Gasteiger partial charge is 0.240 e. The maximum atomic E-state index is 13.0. The van der Waals surface area contributed by atoms with E-state index in [0.29, 0.717) is 17.8 Å². The second-order valence-electron chi connectivity index (χ2n) is 7.87. The molecule has 5 heteroatoms. The molecule has 0 radical (unpaired) electrons. The lowest BCUT2D eigenvalue weighted by Crippen LogP contribution is -2.52. The van der Waals surface area contributed by atoms with Crippen molar-refractivity contribution in [3.63, 3.8) is 0 Å². The number of benzene rings is 1. The van der Waals surface area contributed by atoms with E-state index in [4.69, 9.17) is 0 Å². The van der Waals surface area contributed by atoms with Crippen molar-refractivity contribution in [2.45, 2.75) is 50.0 Å². The zero-order chi connectivity index (χ0) is 16.2. The molecule has 23 heavy (non-hydrogen) atoms. The van der Waals surface area contributed by atoms with Crippen molar-refractivity contribution in [3.8, 4) is 0 Å². The van der Waals surface area contributed by atoms with Crippen molar-refractivity contribution in [1.82, 2.24) is 4.72 Å². The van der Waals surface area contributed by atoms with Gasteiger partial charge in [0.25, 0.3) is 0 Å². The van der Waals surface area contributed by atoms with Crippen LogP contribution in [0, 0.1) is 35.4 Å². The first-order valence-electron chi connectivity index (χ1n) is 8.70. The van der Waals surface area contributed by atoms with Crippen molar-refractivity contribution in [1.29, 1.82) is 0 Å². The SMILES string of the molecule is C[C@H](NS(=O)(=O)c1ccc(F)cc1)C1C2CC3CC(C2)CC1C3. The summed E-state index contributed by atoms with van der Waals surface area (Å²) in [4.78, 5) is 0.148. The molecule has 4 saturated carbocycles. The van der Waals surface area contributed by atoms with Crippen LogP contribution in [-0.4, -0.2) is 14.5 Å². The summed E-state index contributed by atoms with van der Waals surface area (Å²) in [6, 6.07) is 5.01. The van der Waals surface area contributed by atoms with Gasteiger partial charge in [0.1, 0.15) is 5.82 Å². The first kappa shape index (κ1) is 15.6. The van der Waals surface area contributed by atoms with Crippen LogP contribution in [0.3, 0.4) is 0 Å². The Kier molecular flexibility index (Phi) is 3.76. The standard InChI is InChI=1S/C18H24FNO2S/c1-11(20-23(21,22)17-4-2-16(19)3-5-17)18-14-7-12-6-13(9-14)10-15(18)8-12/h2-5,11-15,18,20H,6-10H2,1H3/t11-,12?,13?,14?,15?,18?/m0/s1. The molecule has 1 atom stereocenters. The molecule has 0 heterocycles. The fourth-order valence-electron chi connectivity index (χ4n) is 5.79. The zero-order valence-electron chi connectivity index (χ0n) is 13.4.